The van der Waals surface area contributed by atoms with Gasteiger partial charge in [-0.15, -0.1) is 23.1 Å². The minimum atomic E-state index is -1.16. The Balaban J connectivity index is 1.45. The topological polar surface area (TPSA) is 122 Å². The fourth-order valence-corrected chi connectivity index (χ4v) is 6.42. The van der Waals surface area contributed by atoms with Gasteiger partial charge in [-0.05, 0) is 17.0 Å². The Morgan fingerprint density at radius 1 is 1.39 bits per heavy atom. The molecule has 2 N–H and O–H groups in total. The molecule has 0 aliphatic carbocycles. The number of carboxylic acids is 1. The molecule has 2 aliphatic rings. The fraction of sp³-hybridized carbons (Fsp3) is 0.316. The second kappa shape index (κ2) is 9.28. The molecule has 2 atom stereocenters. The highest BCUT2D eigenvalue weighted by atomic mass is 32.2. The first-order chi connectivity index (χ1) is 15.0. The summed E-state index contributed by atoms with van der Waals surface area (Å²) < 4.78 is 5.18. The van der Waals surface area contributed by atoms with E-state index in [1.54, 1.807) is 0 Å². The van der Waals surface area contributed by atoms with Gasteiger partial charge >= 0.3 is 5.97 Å². The zero-order valence-corrected chi connectivity index (χ0v) is 18.8. The van der Waals surface area contributed by atoms with E-state index in [4.69, 9.17) is 4.74 Å². The van der Waals surface area contributed by atoms with Gasteiger partial charge in [-0.3, -0.25) is 14.5 Å². The van der Waals surface area contributed by atoms with Crippen molar-refractivity contribution >= 4 is 52.6 Å². The van der Waals surface area contributed by atoms with Crippen LogP contribution >= 0.6 is 34.9 Å². The average Bonchev–Trinajstić information content (AvgIpc) is 3.28. The number of hydrogen-bond acceptors (Lipinski definition) is 9. The van der Waals surface area contributed by atoms with E-state index in [9.17, 15) is 19.5 Å². The molecule has 0 spiro atoms. The average molecular weight is 479 g/mol. The van der Waals surface area contributed by atoms with E-state index in [-0.39, 0.29) is 18.0 Å². The molecule has 0 bridgehead atoms. The molecule has 0 aromatic carbocycles. The molecule has 0 radical (unpaired) electrons. The lowest BCUT2D eigenvalue weighted by atomic mass is 10.0. The molecule has 2 aromatic rings. The first-order valence-electron chi connectivity index (χ1n) is 9.19. The molecule has 2 aromatic heterocycles. The molecule has 1 saturated heterocycles. The zero-order chi connectivity index (χ0) is 22.0. The van der Waals surface area contributed by atoms with Crippen molar-refractivity contribution in [3.8, 4) is 5.88 Å². The number of carboxylic acid groups (broad SMARTS) is 1. The fourth-order valence-electron chi connectivity index (χ4n) is 3.30. The summed E-state index contributed by atoms with van der Waals surface area (Å²) in [7, 11) is 1.49. The van der Waals surface area contributed by atoms with Crippen molar-refractivity contribution in [1.29, 1.82) is 0 Å². The minimum absolute atomic E-state index is 0.0205. The number of nitrogens with zero attached hydrogens (tertiary/aromatic N) is 3. The second-order valence-corrected chi connectivity index (χ2v) is 9.73. The van der Waals surface area contributed by atoms with Crippen molar-refractivity contribution in [3.63, 3.8) is 0 Å². The standard InChI is InChI=1S/C19H18N4O5S3/c1-28-15-16(21-5-4-20-15)30-8-10-9-31-18-13(17(25)23(18)14(10)19(26)27)22-12(24)7-11-3-2-6-29-11/h2-6,13,18H,7-9H2,1H3,(H,22,24)(H,26,27)/t13?,18-/m0/s1. The van der Waals surface area contributed by atoms with Gasteiger partial charge in [0.15, 0.2) is 5.03 Å². The van der Waals surface area contributed by atoms with Crippen molar-refractivity contribution in [2.75, 3.05) is 18.6 Å². The third-order valence-corrected chi connectivity index (χ3v) is 7.95. The van der Waals surface area contributed by atoms with Gasteiger partial charge in [0.25, 0.3) is 5.91 Å². The van der Waals surface area contributed by atoms with Crippen molar-refractivity contribution in [2.45, 2.75) is 22.9 Å². The van der Waals surface area contributed by atoms with Crippen LogP contribution in [0.1, 0.15) is 4.88 Å². The summed E-state index contributed by atoms with van der Waals surface area (Å²) in [6.07, 6.45) is 3.24. The number of thioether (sulfide) groups is 2. The number of amides is 2. The molecule has 4 heterocycles. The molecule has 12 heteroatoms. The minimum Gasteiger partial charge on any atom is -0.479 e. The molecule has 2 aliphatic heterocycles. The summed E-state index contributed by atoms with van der Waals surface area (Å²) in [4.78, 5) is 47.5. The van der Waals surface area contributed by atoms with Gasteiger partial charge in [0.2, 0.25) is 11.8 Å². The SMILES string of the molecule is COc1nccnc1SCC1=C(C(=O)O)N2C(=O)C(NC(=O)Cc3cccs3)[C@@H]2SC1. The number of hydrogen-bond donors (Lipinski definition) is 2. The molecule has 9 nitrogen and oxygen atoms in total. The Kier molecular flexibility index (Phi) is 6.49. The van der Waals surface area contributed by atoms with Gasteiger partial charge in [-0.25, -0.2) is 14.8 Å². The number of β-lactam (4-membered cyclic amide) rings is 1. The highest BCUT2D eigenvalue weighted by Crippen LogP contribution is 2.42. The Morgan fingerprint density at radius 2 is 2.19 bits per heavy atom. The summed E-state index contributed by atoms with van der Waals surface area (Å²) in [5, 5.41) is 14.5. The van der Waals surface area contributed by atoms with Crippen LogP contribution in [-0.2, 0) is 20.8 Å². The van der Waals surface area contributed by atoms with Crippen LogP contribution in [0.25, 0.3) is 0 Å². The van der Waals surface area contributed by atoms with E-state index >= 15 is 0 Å². The lowest BCUT2D eigenvalue weighted by Crippen LogP contribution is -2.70. The number of methoxy groups -OCH3 is 1. The molecular formula is C19H18N4O5S3. The first kappa shape index (κ1) is 21.7. The Morgan fingerprint density at radius 3 is 2.90 bits per heavy atom. The Hall–Kier alpha value is -2.57. The molecule has 31 heavy (non-hydrogen) atoms. The summed E-state index contributed by atoms with van der Waals surface area (Å²) in [5.41, 5.74) is 0.594. The van der Waals surface area contributed by atoms with Crippen molar-refractivity contribution < 1.29 is 24.2 Å². The predicted molar refractivity (Wildman–Crippen MR) is 117 cm³/mol. The smallest absolute Gasteiger partial charge is 0.352 e. The highest BCUT2D eigenvalue weighted by Gasteiger charge is 2.54. The summed E-state index contributed by atoms with van der Waals surface area (Å²) in [5.74, 6) is -0.700. The lowest BCUT2D eigenvalue weighted by molar-refractivity contribution is -0.150. The van der Waals surface area contributed by atoms with Crippen LogP contribution in [0.5, 0.6) is 5.88 Å². The van der Waals surface area contributed by atoms with Gasteiger partial charge < -0.3 is 15.2 Å². The molecule has 4 rings (SSSR count). The molecule has 0 saturated carbocycles. The molecular weight excluding hydrogens is 460 g/mol. The van der Waals surface area contributed by atoms with Crippen LogP contribution in [0.2, 0.25) is 0 Å². The predicted octanol–water partition coefficient (Wildman–Crippen LogP) is 1.62. The normalized spacial score (nSPS) is 20.2. The maximum Gasteiger partial charge on any atom is 0.352 e. The van der Waals surface area contributed by atoms with Crippen molar-refractivity contribution in [3.05, 3.63) is 46.1 Å². The summed E-state index contributed by atoms with van der Waals surface area (Å²) >= 11 is 4.21. The number of thiophene rings is 1. The third kappa shape index (κ3) is 4.41. The monoisotopic (exact) mass is 478 g/mol. The van der Waals surface area contributed by atoms with Gasteiger partial charge in [-0.2, -0.15) is 0 Å². The first-order valence-corrected chi connectivity index (χ1v) is 12.1. The van der Waals surface area contributed by atoms with Crippen LogP contribution in [0.3, 0.4) is 0 Å². The maximum atomic E-state index is 12.7. The highest BCUT2D eigenvalue weighted by molar-refractivity contribution is 8.01. The van der Waals surface area contributed by atoms with Crippen LogP contribution in [0.4, 0.5) is 0 Å². The van der Waals surface area contributed by atoms with Gasteiger partial charge in [0, 0.05) is 28.8 Å². The van der Waals surface area contributed by atoms with E-state index in [1.807, 2.05) is 17.5 Å². The van der Waals surface area contributed by atoms with Crippen LogP contribution < -0.4 is 10.1 Å². The number of rotatable bonds is 8. The number of nitrogens with one attached hydrogen (secondary N) is 1. The van der Waals surface area contributed by atoms with Gasteiger partial charge in [0.05, 0.1) is 13.5 Å². The van der Waals surface area contributed by atoms with E-state index < -0.39 is 23.3 Å². The largest absolute Gasteiger partial charge is 0.479 e. The van der Waals surface area contributed by atoms with Crippen molar-refractivity contribution in [2.24, 2.45) is 0 Å². The molecule has 1 fully saturated rings. The van der Waals surface area contributed by atoms with Crippen molar-refractivity contribution in [1.82, 2.24) is 20.2 Å². The summed E-state index contributed by atoms with van der Waals surface area (Å²) in [6, 6.07) is 3.00. The second-order valence-electron chi connectivity index (χ2n) is 6.63. The quantitative estimate of drug-likeness (QED) is 0.430. The maximum absolute atomic E-state index is 12.7. The molecule has 2 amide bonds. The van der Waals surface area contributed by atoms with E-state index in [2.05, 4.69) is 15.3 Å². The van der Waals surface area contributed by atoms with E-state index in [1.165, 1.54) is 59.3 Å². The van der Waals surface area contributed by atoms with Gasteiger partial charge in [-0.1, -0.05) is 17.8 Å². The van der Waals surface area contributed by atoms with E-state index in [0.717, 1.165) is 4.88 Å². The lowest BCUT2D eigenvalue weighted by Gasteiger charge is -2.49. The number of ether oxygens (including phenoxy) is 1. The van der Waals surface area contributed by atoms with Crippen LogP contribution in [0, 0.1) is 0 Å². The Labute approximate surface area is 190 Å². The Bertz CT molecular complexity index is 1040. The van der Waals surface area contributed by atoms with Crippen LogP contribution in [-0.4, -0.2) is 67.8 Å². The third-order valence-electron chi connectivity index (χ3n) is 4.69. The van der Waals surface area contributed by atoms with Crippen LogP contribution in [0.15, 0.2) is 46.2 Å². The van der Waals surface area contributed by atoms with Gasteiger partial charge in [0.1, 0.15) is 17.1 Å². The number of carbonyl (C=O) groups excluding carboxylic acids is 2. The number of carbonyl (C=O) groups is 3. The number of aliphatic carboxylic acids is 1. The van der Waals surface area contributed by atoms with E-state index in [0.29, 0.717) is 28.0 Å². The summed E-state index contributed by atoms with van der Waals surface area (Å²) in [6.45, 7) is 0. The molecule has 162 valence electrons. The molecule has 1 unspecified atom stereocenters. The number of fused-ring (bicyclic) bond motifs is 1. The zero-order valence-electron chi connectivity index (χ0n) is 16.3. The number of aromatic nitrogens is 2.